The molecule has 0 spiro atoms. The van der Waals surface area contributed by atoms with Crippen LogP contribution < -0.4 is 10.2 Å². The number of halogens is 2. The van der Waals surface area contributed by atoms with Crippen molar-refractivity contribution in [3.63, 3.8) is 0 Å². The molecule has 1 N–H and O–H groups in total. The van der Waals surface area contributed by atoms with Crippen LogP contribution in [0.15, 0.2) is 92.9 Å². The van der Waals surface area contributed by atoms with E-state index in [4.69, 9.17) is 9.15 Å². The predicted molar refractivity (Wildman–Crippen MR) is 151 cm³/mol. The van der Waals surface area contributed by atoms with E-state index in [-0.39, 0.29) is 12.4 Å². The Balaban J connectivity index is 1.41. The number of nitriles is 1. The zero-order valence-electron chi connectivity index (χ0n) is 18.7. The van der Waals surface area contributed by atoms with Gasteiger partial charge in [-0.05, 0) is 63.7 Å². The van der Waals surface area contributed by atoms with Crippen molar-refractivity contribution in [2.24, 2.45) is 5.10 Å². The second-order valence-electron chi connectivity index (χ2n) is 7.87. The summed E-state index contributed by atoms with van der Waals surface area (Å²) in [7, 11) is 0. The molecule has 4 aromatic carbocycles. The Morgan fingerprint density at radius 2 is 1.89 bits per heavy atom. The number of nitrogens with one attached hydrogen (secondary N) is 1. The number of benzene rings is 4. The average molecular weight is 650 g/mol. The summed E-state index contributed by atoms with van der Waals surface area (Å²) >= 11 is 5.63. The van der Waals surface area contributed by atoms with Crippen LogP contribution in [-0.2, 0) is 6.61 Å². The molecule has 0 aliphatic carbocycles. The highest BCUT2D eigenvalue weighted by Gasteiger charge is 2.15. The number of carbonyl (C=O) groups excluding carboxylic acids is 1. The van der Waals surface area contributed by atoms with E-state index in [1.807, 2.05) is 66.7 Å². The van der Waals surface area contributed by atoms with Gasteiger partial charge in [-0.25, -0.2) is 5.43 Å². The van der Waals surface area contributed by atoms with E-state index in [0.717, 1.165) is 29.8 Å². The number of fused-ring (bicyclic) bond motifs is 2. The van der Waals surface area contributed by atoms with Gasteiger partial charge in [0.05, 0.1) is 21.4 Å². The number of hydrogen-bond acceptors (Lipinski definition) is 5. The van der Waals surface area contributed by atoms with Crippen LogP contribution in [0.1, 0.15) is 27.2 Å². The van der Waals surface area contributed by atoms with Crippen LogP contribution in [0.2, 0.25) is 0 Å². The third kappa shape index (κ3) is 4.98. The molecule has 0 saturated carbocycles. The Bertz CT molecular complexity index is 1690. The molecule has 1 amide bonds. The van der Waals surface area contributed by atoms with Gasteiger partial charge in [-0.1, -0.05) is 64.5 Å². The van der Waals surface area contributed by atoms with Gasteiger partial charge in [0, 0.05) is 21.0 Å². The van der Waals surface area contributed by atoms with Gasteiger partial charge in [-0.3, -0.25) is 4.79 Å². The van der Waals surface area contributed by atoms with Crippen molar-refractivity contribution in [2.75, 3.05) is 0 Å². The molecule has 0 aliphatic rings. The third-order valence-corrected chi connectivity index (χ3v) is 6.83. The van der Waals surface area contributed by atoms with Gasteiger partial charge in [-0.15, -0.1) is 0 Å². The van der Waals surface area contributed by atoms with Crippen LogP contribution in [-0.4, -0.2) is 12.1 Å². The first-order chi connectivity index (χ1) is 17.5. The van der Waals surface area contributed by atoms with Crippen molar-refractivity contribution in [1.82, 2.24) is 5.43 Å². The fourth-order valence-electron chi connectivity index (χ4n) is 3.84. The Morgan fingerprint density at radius 3 is 2.75 bits per heavy atom. The molecule has 6 nitrogen and oxygen atoms in total. The summed E-state index contributed by atoms with van der Waals surface area (Å²) in [5.74, 6) is 0.295. The summed E-state index contributed by atoms with van der Waals surface area (Å²) in [6, 6.07) is 26.7. The fraction of sp³-hybridized carbons (Fsp3) is 0.0357. The Morgan fingerprint density at radius 1 is 1.08 bits per heavy atom. The summed E-state index contributed by atoms with van der Waals surface area (Å²) in [4.78, 5) is 12.7. The quantitative estimate of drug-likeness (QED) is 0.120. The zero-order valence-corrected chi connectivity index (χ0v) is 22.4. The van der Waals surface area contributed by atoms with Crippen LogP contribution in [0.4, 0.5) is 0 Å². The molecule has 1 aromatic heterocycles. The third-order valence-electron chi connectivity index (χ3n) is 5.57. The summed E-state index contributed by atoms with van der Waals surface area (Å²) in [5.41, 5.74) is 5.26. The number of amides is 1. The second kappa shape index (κ2) is 10.5. The van der Waals surface area contributed by atoms with Crippen molar-refractivity contribution in [3.8, 4) is 11.8 Å². The molecule has 1 heterocycles. The van der Waals surface area contributed by atoms with Crippen LogP contribution in [0.25, 0.3) is 21.7 Å². The standard InChI is InChI=1S/C28H17BrIN3O3/c29-21-11-20-12-26(36-27(20)24(30)13-21)28(34)33-32-15-23-22-8-4-3-5-17(22)9-10-25(23)35-16-19-7-2-1-6-18(19)14-31/h1-13,15H,16H2,(H,33,34)/b32-15-. The summed E-state index contributed by atoms with van der Waals surface area (Å²) in [6.07, 6.45) is 1.56. The van der Waals surface area contributed by atoms with Crippen molar-refractivity contribution in [3.05, 3.63) is 109 Å². The first-order valence-corrected chi connectivity index (χ1v) is 12.7. The monoisotopic (exact) mass is 649 g/mol. The van der Waals surface area contributed by atoms with Crippen molar-refractivity contribution < 1.29 is 13.9 Å². The SMILES string of the molecule is N#Cc1ccccc1COc1ccc2ccccc2c1/C=N\NC(=O)c1cc2cc(Br)cc(I)c2o1. The normalized spacial score (nSPS) is 11.1. The minimum Gasteiger partial charge on any atom is -0.488 e. The number of furan rings is 1. The summed E-state index contributed by atoms with van der Waals surface area (Å²) in [5, 5.41) is 16.3. The molecule has 5 aromatic rings. The predicted octanol–water partition coefficient (Wildman–Crippen LogP) is 7.17. The van der Waals surface area contributed by atoms with Gasteiger partial charge in [0.25, 0.3) is 0 Å². The van der Waals surface area contributed by atoms with Crippen LogP contribution in [0.3, 0.4) is 0 Å². The fourth-order valence-corrected chi connectivity index (χ4v) is 5.50. The van der Waals surface area contributed by atoms with E-state index in [1.54, 1.807) is 18.3 Å². The van der Waals surface area contributed by atoms with Crippen LogP contribution >= 0.6 is 38.5 Å². The minimum absolute atomic E-state index is 0.167. The molecule has 36 heavy (non-hydrogen) atoms. The second-order valence-corrected chi connectivity index (χ2v) is 9.95. The van der Waals surface area contributed by atoms with E-state index in [0.29, 0.717) is 22.5 Å². The molecule has 0 atom stereocenters. The van der Waals surface area contributed by atoms with E-state index in [2.05, 4.69) is 55.1 Å². The van der Waals surface area contributed by atoms with Crippen molar-refractivity contribution >= 4 is 72.4 Å². The van der Waals surface area contributed by atoms with Gasteiger partial charge in [0.2, 0.25) is 0 Å². The number of rotatable bonds is 6. The van der Waals surface area contributed by atoms with E-state index >= 15 is 0 Å². The molecular weight excluding hydrogens is 633 g/mol. The highest BCUT2D eigenvalue weighted by atomic mass is 127. The number of hydrogen-bond donors (Lipinski definition) is 1. The highest BCUT2D eigenvalue weighted by molar-refractivity contribution is 14.1. The number of nitrogens with zero attached hydrogens (tertiary/aromatic N) is 2. The Labute approximate surface area is 228 Å². The van der Waals surface area contributed by atoms with Gasteiger partial charge < -0.3 is 9.15 Å². The van der Waals surface area contributed by atoms with Crippen LogP contribution in [0, 0.1) is 14.9 Å². The molecule has 0 bridgehead atoms. The van der Waals surface area contributed by atoms with Crippen LogP contribution in [0.5, 0.6) is 5.75 Å². The Hall–Kier alpha value is -3.68. The lowest BCUT2D eigenvalue weighted by molar-refractivity contribution is 0.0929. The molecule has 0 aliphatic heterocycles. The highest BCUT2D eigenvalue weighted by Crippen LogP contribution is 2.29. The topological polar surface area (TPSA) is 87.6 Å². The van der Waals surface area contributed by atoms with E-state index in [1.165, 1.54) is 0 Å². The van der Waals surface area contributed by atoms with E-state index in [9.17, 15) is 10.1 Å². The lowest BCUT2D eigenvalue weighted by Gasteiger charge is -2.12. The lowest BCUT2D eigenvalue weighted by Crippen LogP contribution is -2.16. The van der Waals surface area contributed by atoms with Crippen molar-refractivity contribution in [2.45, 2.75) is 6.61 Å². The molecule has 5 rings (SSSR count). The molecule has 0 radical (unpaired) electrons. The molecule has 0 unspecified atom stereocenters. The van der Waals surface area contributed by atoms with Gasteiger partial charge >= 0.3 is 5.91 Å². The molecule has 0 fully saturated rings. The van der Waals surface area contributed by atoms with E-state index < -0.39 is 5.91 Å². The molecule has 8 heteroatoms. The maximum absolute atomic E-state index is 12.7. The number of carbonyl (C=O) groups is 1. The minimum atomic E-state index is -0.458. The summed E-state index contributed by atoms with van der Waals surface area (Å²) < 4.78 is 13.7. The first-order valence-electron chi connectivity index (χ1n) is 10.9. The van der Waals surface area contributed by atoms with Gasteiger partial charge in [0.1, 0.15) is 17.9 Å². The lowest BCUT2D eigenvalue weighted by atomic mass is 10.0. The largest absolute Gasteiger partial charge is 0.488 e. The Kier molecular flexibility index (Phi) is 7.02. The number of ether oxygens (including phenoxy) is 1. The first kappa shape index (κ1) is 24.0. The summed E-state index contributed by atoms with van der Waals surface area (Å²) in [6.45, 7) is 0.225. The maximum Gasteiger partial charge on any atom is 0.307 e. The molecule has 176 valence electrons. The van der Waals surface area contributed by atoms with Gasteiger partial charge in [0.15, 0.2) is 5.76 Å². The smallest absolute Gasteiger partial charge is 0.307 e. The van der Waals surface area contributed by atoms with Crippen molar-refractivity contribution in [1.29, 1.82) is 5.26 Å². The van der Waals surface area contributed by atoms with Gasteiger partial charge in [-0.2, -0.15) is 10.4 Å². The average Bonchev–Trinajstić information content (AvgIpc) is 3.32. The number of hydrazone groups is 1. The maximum atomic E-state index is 12.7. The molecule has 0 saturated heterocycles. The zero-order chi connectivity index (χ0) is 25.1. The molecular formula is C28H17BrIN3O3.